The smallest absolute Gasteiger partial charge is 0.161 e. The first-order chi connectivity index (χ1) is 7.58. The molecule has 3 nitrogen and oxygen atoms in total. The van der Waals surface area contributed by atoms with Crippen molar-refractivity contribution in [2.45, 2.75) is 32.9 Å². The van der Waals surface area contributed by atoms with Gasteiger partial charge in [0.1, 0.15) is 0 Å². The van der Waals surface area contributed by atoms with Crippen molar-refractivity contribution >= 4 is 0 Å². The summed E-state index contributed by atoms with van der Waals surface area (Å²) in [6.07, 6.45) is 0. The van der Waals surface area contributed by atoms with Crippen LogP contribution in [0.3, 0.4) is 0 Å². The van der Waals surface area contributed by atoms with Gasteiger partial charge in [0.05, 0.1) is 14.2 Å². The second kappa shape index (κ2) is 5.75. The number of nitrogens with one attached hydrogen (secondary N) is 1. The Bertz CT molecular complexity index is 337. The summed E-state index contributed by atoms with van der Waals surface area (Å²) in [5, 5.41) is 3.45. The molecule has 1 rings (SSSR count). The van der Waals surface area contributed by atoms with Crippen LogP contribution in [0.1, 0.15) is 32.4 Å². The first-order valence-corrected chi connectivity index (χ1v) is 5.56. The Morgan fingerprint density at radius 2 is 1.62 bits per heavy atom. The molecule has 0 saturated heterocycles. The van der Waals surface area contributed by atoms with Crippen molar-refractivity contribution < 1.29 is 9.47 Å². The molecule has 0 aromatic heterocycles. The molecule has 0 amide bonds. The molecule has 16 heavy (non-hydrogen) atoms. The van der Waals surface area contributed by atoms with Crippen LogP contribution in [0.4, 0.5) is 0 Å². The fourth-order valence-corrected chi connectivity index (χ4v) is 1.72. The summed E-state index contributed by atoms with van der Waals surface area (Å²) in [7, 11) is 3.30. The highest BCUT2D eigenvalue weighted by atomic mass is 16.5. The Morgan fingerprint density at radius 1 is 1.00 bits per heavy atom. The summed E-state index contributed by atoms with van der Waals surface area (Å²) in [5.41, 5.74) is 1.20. The van der Waals surface area contributed by atoms with E-state index in [9.17, 15) is 0 Å². The normalized spacial score (nSPS) is 12.6. The Labute approximate surface area is 97.8 Å². The molecule has 0 aliphatic heterocycles. The number of hydrogen-bond donors (Lipinski definition) is 1. The fourth-order valence-electron chi connectivity index (χ4n) is 1.72. The summed E-state index contributed by atoms with van der Waals surface area (Å²) in [5.74, 6) is 1.54. The molecule has 1 N–H and O–H groups in total. The van der Waals surface area contributed by atoms with E-state index in [4.69, 9.17) is 9.47 Å². The van der Waals surface area contributed by atoms with E-state index in [1.807, 2.05) is 12.1 Å². The second-order valence-electron chi connectivity index (χ2n) is 4.16. The summed E-state index contributed by atoms with van der Waals surface area (Å²) >= 11 is 0. The third-order valence-corrected chi connectivity index (χ3v) is 2.49. The van der Waals surface area contributed by atoms with Crippen LogP contribution < -0.4 is 14.8 Å². The van der Waals surface area contributed by atoms with Gasteiger partial charge in [-0.15, -0.1) is 0 Å². The molecule has 3 heteroatoms. The minimum Gasteiger partial charge on any atom is -0.493 e. The molecule has 0 aliphatic carbocycles. The molecule has 1 atom stereocenters. The van der Waals surface area contributed by atoms with Crippen molar-refractivity contribution in [3.8, 4) is 11.5 Å². The van der Waals surface area contributed by atoms with Crippen LogP contribution in [0.15, 0.2) is 18.2 Å². The number of rotatable bonds is 5. The topological polar surface area (TPSA) is 30.5 Å². The predicted molar refractivity (Wildman–Crippen MR) is 66.2 cm³/mol. The first kappa shape index (κ1) is 12.8. The van der Waals surface area contributed by atoms with Crippen LogP contribution in [-0.4, -0.2) is 20.3 Å². The molecule has 90 valence electrons. The van der Waals surface area contributed by atoms with E-state index in [1.165, 1.54) is 5.56 Å². The Morgan fingerprint density at radius 3 is 2.12 bits per heavy atom. The fraction of sp³-hybridized carbons (Fsp3) is 0.538. The van der Waals surface area contributed by atoms with Crippen LogP contribution in [0, 0.1) is 0 Å². The number of benzene rings is 1. The monoisotopic (exact) mass is 223 g/mol. The zero-order valence-corrected chi connectivity index (χ0v) is 10.7. The number of hydrogen-bond acceptors (Lipinski definition) is 3. The van der Waals surface area contributed by atoms with Crippen LogP contribution in [0.2, 0.25) is 0 Å². The number of methoxy groups -OCH3 is 2. The molecular weight excluding hydrogens is 202 g/mol. The van der Waals surface area contributed by atoms with Crippen molar-refractivity contribution in [2.75, 3.05) is 14.2 Å². The van der Waals surface area contributed by atoms with E-state index in [-0.39, 0.29) is 0 Å². The van der Waals surface area contributed by atoms with Gasteiger partial charge in [-0.05, 0) is 24.6 Å². The maximum Gasteiger partial charge on any atom is 0.161 e. The van der Waals surface area contributed by atoms with Gasteiger partial charge >= 0.3 is 0 Å². The van der Waals surface area contributed by atoms with Gasteiger partial charge in [0.25, 0.3) is 0 Å². The van der Waals surface area contributed by atoms with Gasteiger partial charge in [-0.25, -0.2) is 0 Å². The summed E-state index contributed by atoms with van der Waals surface area (Å²) in [4.78, 5) is 0. The van der Waals surface area contributed by atoms with Crippen LogP contribution >= 0.6 is 0 Å². The summed E-state index contributed by atoms with van der Waals surface area (Å²) in [6.45, 7) is 6.41. The quantitative estimate of drug-likeness (QED) is 0.832. The molecule has 0 bridgehead atoms. The maximum absolute atomic E-state index is 5.28. The van der Waals surface area contributed by atoms with Crippen molar-refractivity contribution in [3.05, 3.63) is 23.8 Å². The van der Waals surface area contributed by atoms with E-state index in [1.54, 1.807) is 14.2 Å². The molecule has 0 aliphatic rings. The van der Waals surface area contributed by atoms with Crippen LogP contribution in [-0.2, 0) is 0 Å². The first-order valence-electron chi connectivity index (χ1n) is 5.56. The van der Waals surface area contributed by atoms with E-state index < -0.39 is 0 Å². The summed E-state index contributed by atoms with van der Waals surface area (Å²) < 4.78 is 10.5. The minimum atomic E-state index is 0.305. The van der Waals surface area contributed by atoms with Crippen LogP contribution in [0.5, 0.6) is 11.5 Å². The standard InChI is InChI=1S/C13H21NO2/c1-9(2)14-10(3)11-6-7-12(15-4)13(8-11)16-5/h6-10,14H,1-5H3/t10-/m1/s1. The molecule has 1 aromatic rings. The van der Waals surface area contributed by atoms with Crippen molar-refractivity contribution in [3.63, 3.8) is 0 Å². The van der Waals surface area contributed by atoms with Gasteiger partial charge in [-0.2, -0.15) is 0 Å². The zero-order chi connectivity index (χ0) is 12.1. The van der Waals surface area contributed by atoms with Gasteiger partial charge in [0.2, 0.25) is 0 Å². The Hall–Kier alpha value is -1.22. The van der Waals surface area contributed by atoms with Gasteiger partial charge < -0.3 is 14.8 Å². The van der Waals surface area contributed by atoms with Gasteiger partial charge in [-0.3, -0.25) is 0 Å². The predicted octanol–water partition coefficient (Wildman–Crippen LogP) is 2.76. The molecule has 0 unspecified atom stereocenters. The average Bonchev–Trinajstić information content (AvgIpc) is 2.27. The van der Waals surface area contributed by atoms with Crippen molar-refractivity contribution in [2.24, 2.45) is 0 Å². The van der Waals surface area contributed by atoms with Crippen LogP contribution in [0.25, 0.3) is 0 Å². The highest BCUT2D eigenvalue weighted by Crippen LogP contribution is 2.29. The lowest BCUT2D eigenvalue weighted by Gasteiger charge is -2.18. The average molecular weight is 223 g/mol. The highest BCUT2D eigenvalue weighted by molar-refractivity contribution is 5.43. The lowest BCUT2D eigenvalue weighted by Crippen LogP contribution is -2.26. The third-order valence-electron chi connectivity index (χ3n) is 2.49. The Kier molecular flexibility index (Phi) is 4.62. The van der Waals surface area contributed by atoms with Gasteiger partial charge in [-0.1, -0.05) is 19.9 Å². The summed E-state index contributed by atoms with van der Waals surface area (Å²) in [6, 6.07) is 6.77. The molecule has 0 heterocycles. The lowest BCUT2D eigenvalue weighted by molar-refractivity contribution is 0.353. The SMILES string of the molecule is COc1ccc([C@@H](C)NC(C)C)cc1OC. The van der Waals surface area contributed by atoms with Gasteiger partial charge in [0, 0.05) is 12.1 Å². The third kappa shape index (κ3) is 3.14. The number of ether oxygens (including phenoxy) is 2. The van der Waals surface area contributed by atoms with E-state index in [2.05, 4.69) is 32.2 Å². The molecule has 0 saturated carbocycles. The lowest BCUT2D eigenvalue weighted by atomic mass is 10.1. The second-order valence-corrected chi connectivity index (χ2v) is 4.16. The minimum absolute atomic E-state index is 0.305. The molecular formula is C13H21NO2. The van der Waals surface area contributed by atoms with Gasteiger partial charge in [0.15, 0.2) is 11.5 Å². The van der Waals surface area contributed by atoms with E-state index in [0.29, 0.717) is 12.1 Å². The van der Waals surface area contributed by atoms with E-state index in [0.717, 1.165) is 11.5 Å². The van der Waals surface area contributed by atoms with E-state index >= 15 is 0 Å². The van der Waals surface area contributed by atoms with Crippen molar-refractivity contribution in [1.29, 1.82) is 0 Å². The maximum atomic E-state index is 5.28. The molecule has 0 radical (unpaired) electrons. The van der Waals surface area contributed by atoms with Crippen molar-refractivity contribution in [1.82, 2.24) is 5.32 Å². The zero-order valence-electron chi connectivity index (χ0n) is 10.7. The Balaban J connectivity index is 2.89. The highest BCUT2D eigenvalue weighted by Gasteiger charge is 2.10. The molecule has 0 spiro atoms. The molecule has 0 fully saturated rings. The molecule has 1 aromatic carbocycles. The largest absolute Gasteiger partial charge is 0.493 e.